The number of rotatable bonds is 2. The van der Waals surface area contributed by atoms with E-state index < -0.39 is 0 Å². The van der Waals surface area contributed by atoms with Crippen LogP contribution in [0.5, 0.6) is 5.75 Å². The minimum atomic E-state index is -0.0199. The Balaban J connectivity index is 1.76. The van der Waals surface area contributed by atoms with Gasteiger partial charge < -0.3 is 5.11 Å². The summed E-state index contributed by atoms with van der Waals surface area (Å²) in [5.41, 5.74) is 7.13. The summed E-state index contributed by atoms with van der Waals surface area (Å²) in [6.07, 6.45) is 1.83. The number of benzene rings is 3. The second-order valence-corrected chi connectivity index (χ2v) is 6.59. The van der Waals surface area contributed by atoms with Gasteiger partial charge in [0.1, 0.15) is 5.75 Å². The topological polar surface area (TPSA) is 37.3 Å². The first kappa shape index (κ1) is 16.1. The molecule has 0 bridgehead atoms. The minimum absolute atomic E-state index is 0.0199. The summed E-state index contributed by atoms with van der Waals surface area (Å²) in [7, 11) is 0. The predicted molar refractivity (Wildman–Crippen MR) is 106 cm³/mol. The molecule has 0 spiro atoms. The summed E-state index contributed by atoms with van der Waals surface area (Å²) in [6.45, 7) is 6.22. The van der Waals surface area contributed by atoms with Gasteiger partial charge in [0.05, 0.1) is 0 Å². The smallest absolute Gasteiger partial charge is 0.194 e. The summed E-state index contributed by atoms with van der Waals surface area (Å²) in [4.78, 5) is 13.0. The molecule has 0 aromatic heterocycles. The molecule has 2 nitrogen and oxygen atoms in total. The zero-order valence-electron chi connectivity index (χ0n) is 14.5. The lowest BCUT2D eigenvalue weighted by Crippen LogP contribution is -2.10. The molecule has 126 valence electrons. The van der Waals surface area contributed by atoms with Crippen molar-refractivity contribution in [2.45, 2.75) is 6.92 Å². The lowest BCUT2D eigenvalue weighted by atomic mass is 9.83. The van der Waals surface area contributed by atoms with Crippen molar-refractivity contribution in [3.05, 3.63) is 102 Å². The third-order valence-corrected chi connectivity index (χ3v) is 4.74. The largest absolute Gasteiger partial charge is 0.508 e. The van der Waals surface area contributed by atoms with Crippen LogP contribution in [0.15, 0.2) is 79.4 Å². The van der Waals surface area contributed by atoms with Gasteiger partial charge in [-0.15, -0.1) is 0 Å². The zero-order chi connectivity index (χ0) is 18.3. The lowest BCUT2D eigenvalue weighted by Gasteiger charge is -2.19. The number of phenolic OH excluding ortho intramolecular Hbond substituents is 1. The van der Waals surface area contributed by atoms with Crippen LogP contribution < -0.4 is 0 Å². The monoisotopic (exact) mass is 338 g/mol. The molecule has 0 aliphatic heterocycles. The molecular weight excluding hydrogens is 320 g/mol. The van der Waals surface area contributed by atoms with Crippen LogP contribution in [0.3, 0.4) is 0 Å². The first-order valence-corrected chi connectivity index (χ1v) is 8.49. The molecule has 0 saturated heterocycles. The van der Waals surface area contributed by atoms with Crippen LogP contribution in [-0.2, 0) is 0 Å². The number of allylic oxidation sites excluding steroid dienone is 3. The van der Waals surface area contributed by atoms with Crippen LogP contribution in [0.4, 0.5) is 0 Å². The van der Waals surface area contributed by atoms with E-state index in [9.17, 15) is 9.90 Å². The Hall–Kier alpha value is -3.39. The van der Waals surface area contributed by atoms with Crippen molar-refractivity contribution < 1.29 is 9.90 Å². The first-order chi connectivity index (χ1) is 12.5. The predicted octanol–water partition coefficient (Wildman–Crippen LogP) is 5.66. The summed E-state index contributed by atoms with van der Waals surface area (Å²) in [6, 6.07) is 20.9. The maximum absolute atomic E-state index is 13.0. The minimum Gasteiger partial charge on any atom is -0.508 e. The fourth-order valence-corrected chi connectivity index (χ4v) is 3.25. The van der Waals surface area contributed by atoms with E-state index >= 15 is 0 Å². The Labute approximate surface area is 152 Å². The lowest BCUT2D eigenvalue weighted by molar-refractivity contribution is 0.105. The number of ketones is 1. The van der Waals surface area contributed by atoms with E-state index in [1.807, 2.05) is 24.3 Å². The van der Waals surface area contributed by atoms with E-state index in [2.05, 4.69) is 37.8 Å². The number of carbonyl (C=O) groups excluding carboxylic acids is 1. The Bertz CT molecular complexity index is 1050. The first-order valence-electron chi connectivity index (χ1n) is 8.49. The number of Topliss-reactive ketones (excluding diaryl/α,β-unsaturated/α-hetero) is 1. The summed E-state index contributed by atoms with van der Waals surface area (Å²) >= 11 is 0. The van der Waals surface area contributed by atoms with Crippen LogP contribution in [0.1, 0.15) is 27.0 Å². The molecule has 0 heterocycles. The number of aromatic hydroxyl groups is 1. The Morgan fingerprint density at radius 3 is 2.08 bits per heavy atom. The third-order valence-electron chi connectivity index (χ3n) is 4.74. The summed E-state index contributed by atoms with van der Waals surface area (Å²) in [5, 5.41) is 9.46. The molecule has 0 saturated carbocycles. The van der Waals surface area contributed by atoms with Gasteiger partial charge in [-0.05, 0) is 65.1 Å². The highest BCUT2D eigenvalue weighted by Crippen LogP contribution is 2.36. The van der Waals surface area contributed by atoms with Crippen LogP contribution in [0.2, 0.25) is 0 Å². The van der Waals surface area contributed by atoms with Crippen molar-refractivity contribution in [3.63, 3.8) is 0 Å². The fraction of sp³-hybridized carbons (Fsp3) is 0.0417. The third kappa shape index (κ3) is 2.76. The molecule has 0 radical (unpaired) electrons. The van der Waals surface area contributed by atoms with Crippen LogP contribution in [0, 0.1) is 6.92 Å². The highest BCUT2D eigenvalue weighted by Gasteiger charge is 2.24. The molecule has 2 heteroatoms. The number of carbonyl (C=O) groups is 1. The van der Waals surface area contributed by atoms with Crippen molar-refractivity contribution in [2.24, 2.45) is 0 Å². The second kappa shape index (κ2) is 6.16. The highest BCUT2D eigenvalue weighted by molar-refractivity contribution is 6.33. The Morgan fingerprint density at radius 1 is 0.769 bits per heavy atom. The summed E-state index contributed by atoms with van der Waals surface area (Å²) in [5.74, 6) is 0.160. The Kier molecular flexibility index (Phi) is 3.81. The molecule has 0 fully saturated rings. The van der Waals surface area contributed by atoms with Crippen LogP contribution >= 0.6 is 0 Å². The molecule has 1 aliphatic carbocycles. The van der Waals surface area contributed by atoms with Gasteiger partial charge in [0.15, 0.2) is 5.78 Å². The SMILES string of the molecule is C=C1C=C(c2ccc(O)cc2)C(=O)c2ccc(-c3ccc(C)cc3)cc21. The van der Waals surface area contributed by atoms with Gasteiger partial charge in [-0.1, -0.05) is 54.6 Å². The molecule has 26 heavy (non-hydrogen) atoms. The number of phenols is 1. The van der Waals surface area contributed by atoms with Crippen molar-refractivity contribution in [2.75, 3.05) is 0 Å². The van der Waals surface area contributed by atoms with Crippen molar-refractivity contribution in [1.82, 2.24) is 0 Å². The quantitative estimate of drug-likeness (QED) is 0.654. The average molecular weight is 338 g/mol. The molecule has 0 unspecified atom stereocenters. The Morgan fingerprint density at radius 2 is 1.38 bits per heavy atom. The number of aryl methyl sites for hydroxylation is 1. The average Bonchev–Trinajstić information content (AvgIpc) is 2.66. The maximum atomic E-state index is 13.0. The second-order valence-electron chi connectivity index (χ2n) is 6.59. The standard InChI is InChI=1S/C24H18O2/c1-15-3-5-17(6-4-15)19-9-12-21-22(14-19)16(2)13-23(24(21)26)18-7-10-20(25)11-8-18/h3-14,25H,2H2,1H3. The van der Waals surface area contributed by atoms with E-state index in [4.69, 9.17) is 0 Å². The van der Waals surface area contributed by atoms with Gasteiger partial charge in [-0.2, -0.15) is 0 Å². The van der Waals surface area contributed by atoms with Gasteiger partial charge in [-0.3, -0.25) is 4.79 Å². The van der Waals surface area contributed by atoms with E-state index in [0.29, 0.717) is 11.1 Å². The van der Waals surface area contributed by atoms with Crippen molar-refractivity contribution in [3.8, 4) is 16.9 Å². The molecule has 0 amide bonds. The normalized spacial score (nSPS) is 13.3. The van der Waals surface area contributed by atoms with E-state index in [-0.39, 0.29) is 11.5 Å². The molecule has 3 aromatic carbocycles. The van der Waals surface area contributed by atoms with E-state index in [1.165, 1.54) is 5.56 Å². The number of hydrogen-bond donors (Lipinski definition) is 1. The van der Waals surface area contributed by atoms with Crippen molar-refractivity contribution in [1.29, 1.82) is 0 Å². The number of hydrogen-bond acceptors (Lipinski definition) is 2. The molecule has 3 aromatic rings. The molecule has 0 atom stereocenters. The number of fused-ring (bicyclic) bond motifs is 1. The molecule has 1 N–H and O–H groups in total. The van der Waals surface area contributed by atoms with E-state index in [1.54, 1.807) is 24.3 Å². The highest BCUT2D eigenvalue weighted by atomic mass is 16.3. The summed E-state index contributed by atoms with van der Waals surface area (Å²) < 4.78 is 0. The van der Waals surface area contributed by atoms with Gasteiger partial charge in [-0.25, -0.2) is 0 Å². The van der Waals surface area contributed by atoms with Crippen LogP contribution in [-0.4, -0.2) is 10.9 Å². The van der Waals surface area contributed by atoms with E-state index in [0.717, 1.165) is 27.8 Å². The maximum Gasteiger partial charge on any atom is 0.194 e. The van der Waals surface area contributed by atoms with Crippen LogP contribution in [0.25, 0.3) is 22.3 Å². The van der Waals surface area contributed by atoms with Gasteiger partial charge in [0, 0.05) is 11.1 Å². The molecule has 1 aliphatic rings. The molecular formula is C24H18O2. The van der Waals surface area contributed by atoms with Gasteiger partial charge in [0.25, 0.3) is 0 Å². The fourth-order valence-electron chi connectivity index (χ4n) is 3.25. The van der Waals surface area contributed by atoms with Crippen molar-refractivity contribution >= 4 is 16.9 Å². The van der Waals surface area contributed by atoms with Gasteiger partial charge in [0.2, 0.25) is 0 Å². The molecule has 4 rings (SSSR count). The zero-order valence-corrected chi connectivity index (χ0v) is 14.5. The van der Waals surface area contributed by atoms with Gasteiger partial charge >= 0.3 is 0 Å².